The fraction of sp³-hybridized carbons (Fsp3) is 0.685. The number of hydrogen-bond donors (Lipinski definition) is 5. The third-order valence-corrected chi connectivity index (χ3v) is 12.4. The molecule has 13 nitrogen and oxygen atoms in total. The van der Waals surface area contributed by atoms with Crippen LogP contribution in [0, 0.1) is 0 Å². The summed E-state index contributed by atoms with van der Waals surface area (Å²) in [5.41, 5.74) is 3.61. The summed E-state index contributed by atoms with van der Waals surface area (Å²) in [7, 11) is 0. The van der Waals surface area contributed by atoms with Gasteiger partial charge in [-0.25, -0.2) is 0 Å². The lowest BCUT2D eigenvalue weighted by molar-refractivity contribution is -0.140. The number of nitrogens with one attached hydrogen (secondary N) is 2. The monoisotopic (exact) mass is 936 g/mol. The number of aliphatic carboxylic acids is 3. The van der Waals surface area contributed by atoms with Gasteiger partial charge in [-0.15, -0.1) is 0 Å². The standard InChI is InChI=1S/C54H89N5O8/c1-3-5-7-9-11-13-15-17-19-21-23-25-27-46-29-33-48(34-30-46)55-50(60)41-58(44-53(64)65)39-37-57(43-52(62)63)38-40-59(45-54(66)67)42-51(61)56-49-35-31-47(32-36-49)28-26-24-22-20-18-16-14-12-10-8-6-4-2/h29-36H,3-28,37-45H2,1-2H3,(H,55,60)(H,56,61)(H,62,63)(H,64,65)(H,66,67). The largest absolute Gasteiger partial charge is 0.480 e. The van der Waals surface area contributed by atoms with Gasteiger partial charge in [0.15, 0.2) is 0 Å². The molecule has 0 saturated carbocycles. The Morgan fingerprint density at radius 2 is 0.612 bits per heavy atom. The molecule has 0 aliphatic rings. The van der Waals surface area contributed by atoms with E-state index < -0.39 is 49.4 Å². The molecule has 0 bridgehead atoms. The van der Waals surface area contributed by atoms with Crippen LogP contribution in [0.15, 0.2) is 48.5 Å². The number of nitrogens with zero attached hydrogens (tertiary/aromatic N) is 3. The summed E-state index contributed by atoms with van der Waals surface area (Å²) in [4.78, 5) is 65.8. The summed E-state index contributed by atoms with van der Waals surface area (Å²) in [5.74, 6) is -4.17. The molecule has 0 fully saturated rings. The maximum atomic E-state index is 13.0. The molecule has 0 saturated heterocycles. The molecule has 0 aromatic heterocycles. The van der Waals surface area contributed by atoms with Gasteiger partial charge in [-0.2, -0.15) is 0 Å². The molecule has 5 N–H and O–H groups in total. The third-order valence-electron chi connectivity index (χ3n) is 12.4. The number of carboxylic acids is 3. The molecule has 2 aromatic rings. The normalized spacial score (nSPS) is 11.4. The third kappa shape index (κ3) is 32.9. The van der Waals surface area contributed by atoms with Crippen LogP contribution in [0.25, 0.3) is 0 Å². The Balaban J connectivity index is 1.76. The van der Waals surface area contributed by atoms with E-state index >= 15 is 0 Å². The van der Waals surface area contributed by atoms with Crippen molar-refractivity contribution in [1.29, 1.82) is 0 Å². The van der Waals surface area contributed by atoms with Gasteiger partial charge in [0, 0.05) is 37.6 Å². The Bertz CT molecular complexity index is 1510. The predicted molar refractivity (Wildman–Crippen MR) is 272 cm³/mol. The number of rotatable bonds is 44. The number of carbonyl (C=O) groups is 5. The molecule has 2 amide bonds. The van der Waals surface area contributed by atoms with Crippen LogP contribution in [-0.2, 0) is 36.8 Å². The van der Waals surface area contributed by atoms with Crippen molar-refractivity contribution in [3.63, 3.8) is 0 Å². The number of hydrogen-bond acceptors (Lipinski definition) is 8. The van der Waals surface area contributed by atoms with Crippen molar-refractivity contribution in [3.05, 3.63) is 59.7 Å². The van der Waals surface area contributed by atoms with E-state index in [1.54, 1.807) is 4.90 Å². The highest BCUT2D eigenvalue weighted by Crippen LogP contribution is 2.17. The van der Waals surface area contributed by atoms with Crippen LogP contribution in [0.5, 0.6) is 0 Å². The van der Waals surface area contributed by atoms with E-state index in [2.05, 4.69) is 24.5 Å². The fourth-order valence-electron chi connectivity index (χ4n) is 8.49. The fourth-order valence-corrected chi connectivity index (χ4v) is 8.49. The van der Waals surface area contributed by atoms with Gasteiger partial charge in [-0.05, 0) is 61.1 Å². The van der Waals surface area contributed by atoms with Crippen LogP contribution in [-0.4, -0.2) is 119 Å². The van der Waals surface area contributed by atoms with Crippen LogP contribution in [0.3, 0.4) is 0 Å². The van der Waals surface area contributed by atoms with E-state index in [1.807, 2.05) is 48.5 Å². The molecular weight excluding hydrogens is 847 g/mol. The van der Waals surface area contributed by atoms with Crippen molar-refractivity contribution < 1.29 is 39.3 Å². The van der Waals surface area contributed by atoms with Gasteiger partial charge in [0.05, 0.1) is 32.7 Å². The zero-order valence-electron chi connectivity index (χ0n) is 41.6. The Morgan fingerprint density at radius 3 is 0.896 bits per heavy atom. The first kappa shape index (κ1) is 58.8. The zero-order chi connectivity index (χ0) is 48.7. The average molecular weight is 936 g/mol. The summed E-state index contributed by atoms with van der Waals surface area (Å²) in [6.45, 7) is 3.13. The van der Waals surface area contributed by atoms with Crippen molar-refractivity contribution in [2.24, 2.45) is 0 Å². The molecule has 0 atom stereocenters. The first-order valence-corrected chi connectivity index (χ1v) is 26.1. The van der Waals surface area contributed by atoms with Crippen LogP contribution in [0.2, 0.25) is 0 Å². The topological polar surface area (TPSA) is 180 Å². The number of benzene rings is 2. The molecule has 0 aliphatic carbocycles. The van der Waals surface area contributed by atoms with E-state index in [1.165, 1.54) is 162 Å². The van der Waals surface area contributed by atoms with Gasteiger partial charge >= 0.3 is 17.9 Å². The maximum Gasteiger partial charge on any atom is 0.317 e. The minimum absolute atomic E-state index is 0.0692. The minimum atomic E-state index is -1.13. The number of carboxylic acid groups (broad SMARTS) is 3. The molecule has 2 aromatic carbocycles. The summed E-state index contributed by atoms with van der Waals surface area (Å²) >= 11 is 0. The predicted octanol–water partition coefficient (Wildman–Crippen LogP) is 10.9. The number of carbonyl (C=O) groups excluding carboxylic acids is 2. The second kappa shape index (κ2) is 38.6. The lowest BCUT2D eigenvalue weighted by atomic mass is 10.0. The summed E-state index contributed by atoms with van der Waals surface area (Å²) in [5, 5.41) is 34.5. The Kier molecular flexibility index (Phi) is 33.9. The highest BCUT2D eigenvalue weighted by molar-refractivity contribution is 5.93. The van der Waals surface area contributed by atoms with Crippen molar-refractivity contribution in [2.75, 3.05) is 69.5 Å². The molecule has 0 aliphatic heterocycles. The first-order chi connectivity index (χ1) is 32.5. The van der Waals surface area contributed by atoms with Gasteiger partial charge in [0.2, 0.25) is 11.8 Å². The zero-order valence-corrected chi connectivity index (χ0v) is 41.6. The van der Waals surface area contributed by atoms with Crippen molar-refractivity contribution in [2.45, 2.75) is 181 Å². The Labute approximate surface area is 403 Å². The second-order valence-electron chi connectivity index (χ2n) is 18.6. The van der Waals surface area contributed by atoms with E-state index in [9.17, 15) is 39.3 Å². The maximum absolute atomic E-state index is 13.0. The molecular formula is C54H89N5O8. The van der Waals surface area contributed by atoms with Gasteiger partial charge in [-0.1, -0.05) is 179 Å². The number of anilines is 2. The quantitative estimate of drug-likeness (QED) is 0.0399. The molecule has 0 unspecified atom stereocenters. The van der Waals surface area contributed by atoms with Crippen LogP contribution < -0.4 is 10.6 Å². The van der Waals surface area contributed by atoms with Crippen LogP contribution in [0.1, 0.15) is 179 Å². The second-order valence-corrected chi connectivity index (χ2v) is 18.6. The smallest absolute Gasteiger partial charge is 0.317 e. The lowest BCUT2D eigenvalue weighted by Crippen LogP contribution is -2.46. The van der Waals surface area contributed by atoms with Crippen molar-refractivity contribution in [3.8, 4) is 0 Å². The molecule has 2 rings (SSSR count). The van der Waals surface area contributed by atoms with Crippen LogP contribution >= 0.6 is 0 Å². The minimum Gasteiger partial charge on any atom is -0.480 e. The van der Waals surface area contributed by atoms with Crippen LogP contribution in [0.4, 0.5) is 11.4 Å². The average Bonchev–Trinajstić information content (AvgIpc) is 3.28. The molecule has 67 heavy (non-hydrogen) atoms. The highest BCUT2D eigenvalue weighted by atomic mass is 16.4. The first-order valence-electron chi connectivity index (χ1n) is 26.1. The number of amides is 2. The summed E-state index contributed by atoms with van der Waals surface area (Å²) < 4.78 is 0. The van der Waals surface area contributed by atoms with Gasteiger partial charge in [-0.3, -0.25) is 38.7 Å². The van der Waals surface area contributed by atoms with E-state index in [0.717, 1.165) is 25.7 Å². The molecule has 0 spiro atoms. The summed E-state index contributed by atoms with van der Waals surface area (Å²) in [6.07, 6.45) is 33.2. The molecule has 378 valence electrons. The Hall–Kier alpha value is -4.33. The number of unbranched alkanes of at least 4 members (excludes halogenated alkanes) is 22. The van der Waals surface area contributed by atoms with Crippen molar-refractivity contribution >= 4 is 41.1 Å². The lowest BCUT2D eigenvalue weighted by Gasteiger charge is -2.28. The molecule has 13 heteroatoms. The molecule has 0 heterocycles. The van der Waals surface area contributed by atoms with E-state index in [0.29, 0.717) is 11.4 Å². The van der Waals surface area contributed by atoms with Gasteiger partial charge in [0.1, 0.15) is 0 Å². The summed E-state index contributed by atoms with van der Waals surface area (Å²) in [6, 6.07) is 15.4. The van der Waals surface area contributed by atoms with Crippen molar-refractivity contribution in [1.82, 2.24) is 14.7 Å². The SMILES string of the molecule is CCCCCCCCCCCCCCc1ccc(NC(=O)CN(CCN(CCN(CC(=O)O)CC(=O)Nc2ccc(CCCCCCCCCCCCCC)cc2)CC(=O)O)CC(=O)O)cc1. The van der Waals surface area contributed by atoms with Gasteiger partial charge < -0.3 is 26.0 Å². The van der Waals surface area contributed by atoms with E-state index in [4.69, 9.17) is 0 Å². The van der Waals surface area contributed by atoms with Gasteiger partial charge in [0.25, 0.3) is 0 Å². The van der Waals surface area contributed by atoms with E-state index in [-0.39, 0.29) is 39.3 Å². The highest BCUT2D eigenvalue weighted by Gasteiger charge is 2.20. The molecule has 0 radical (unpaired) electrons. The Morgan fingerprint density at radius 1 is 0.358 bits per heavy atom. The number of aryl methyl sites for hydroxylation is 2.